The van der Waals surface area contributed by atoms with Crippen molar-refractivity contribution in [1.29, 1.82) is 0 Å². The molecule has 3 aromatic rings. The van der Waals surface area contributed by atoms with E-state index in [0.29, 0.717) is 17.7 Å². The van der Waals surface area contributed by atoms with Crippen LogP contribution in [0, 0.1) is 17.8 Å². The van der Waals surface area contributed by atoms with Crippen molar-refractivity contribution >= 4 is 34.7 Å². The van der Waals surface area contributed by atoms with Crippen molar-refractivity contribution in [3.63, 3.8) is 0 Å². The summed E-state index contributed by atoms with van der Waals surface area (Å²) in [6.45, 7) is 5.63. The molecule has 184 valence electrons. The van der Waals surface area contributed by atoms with Gasteiger partial charge in [-0.2, -0.15) is 0 Å². The third-order valence-corrected chi connectivity index (χ3v) is 10.1. The van der Waals surface area contributed by atoms with Crippen molar-refractivity contribution in [3.05, 3.63) is 47.8 Å². The average molecular weight is 508 g/mol. The average Bonchev–Trinajstić information content (AvgIpc) is 3.72. The Hall–Kier alpha value is -2.32. The Bertz CT molecular complexity index is 1140. The first-order valence-corrected chi connectivity index (χ1v) is 14.7. The van der Waals surface area contributed by atoms with Gasteiger partial charge in [0.25, 0.3) is 0 Å². The number of hydrogen-bond acceptors (Lipinski definition) is 6. The van der Waals surface area contributed by atoms with E-state index >= 15 is 0 Å². The van der Waals surface area contributed by atoms with Gasteiger partial charge < -0.3 is 9.80 Å². The highest BCUT2D eigenvalue weighted by Crippen LogP contribution is 2.53. The van der Waals surface area contributed by atoms with Gasteiger partial charge in [0, 0.05) is 37.9 Å². The van der Waals surface area contributed by atoms with Gasteiger partial charge in [-0.15, -0.1) is 21.5 Å². The van der Waals surface area contributed by atoms with Crippen molar-refractivity contribution in [2.24, 2.45) is 17.8 Å². The predicted octanol–water partition coefficient (Wildman–Crippen LogP) is 5.44. The van der Waals surface area contributed by atoms with Crippen molar-refractivity contribution in [2.45, 2.75) is 43.8 Å². The molecule has 6 rings (SSSR count). The van der Waals surface area contributed by atoms with Crippen LogP contribution in [0.2, 0.25) is 0 Å². The Labute approximate surface area is 215 Å². The zero-order valence-corrected chi connectivity index (χ0v) is 21.9. The topological polar surface area (TPSA) is 54.3 Å². The maximum absolute atomic E-state index is 13.1. The summed E-state index contributed by atoms with van der Waals surface area (Å²) in [5.74, 6) is 3.99. The number of benzene rings is 1. The number of hydrogen-bond donors (Lipinski definition) is 0. The van der Waals surface area contributed by atoms with Crippen LogP contribution in [0.25, 0.3) is 10.7 Å². The van der Waals surface area contributed by atoms with E-state index in [2.05, 4.69) is 68.4 Å². The van der Waals surface area contributed by atoms with E-state index < -0.39 is 0 Å². The fourth-order valence-corrected chi connectivity index (χ4v) is 8.09. The number of thioether (sulfide) groups is 1. The first-order valence-electron chi connectivity index (χ1n) is 12.9. The number of carbonyl (C=O) groups excluding carboxylic acids is 1. The third kappa shape index (κ3) is 4.62. The Balaban J connectivity index is 1.14. The Kier molecular flexibility index (Phi) is 6.58. The minimum Gasteiger partial charge on any atom is -0.368 e. The normalized spacial score (nSPS) is 24.8. The standard InChI is InChI=1S/C27H33N5OS2/c1-19(23-17-20-9-10-21(23)16-20)32-26(24-8-5-15-34-24)28-29-27(32)35-18-25(33)31-13-11-30(12-14-31)22-6-3-2-4-7-22/h2-8,15,19-21,23H,9-14,16-18H2,1H3/t19-,20-,21-,23+/m0/s1. The van der Waals surface area contributed by atoms with Crippen LogP contribution in [0.1, 0.15) is 38.6 Å². The van der Waals surface area contributed by atoms with Crippen LogP contribution in [-0.2, 0) is 4.79 Å². The first-order chi connectivity index (χ1) is 17.2. The fraction of sp³-hybridized carbons (Fsp3) is 0.519. The summed E-state index contributed by atoms with van der Waals surface area (Å²) >= 11 is 3.27. The molecule has 3 heterocycles. The zero-order valence-electron chi connectivity index (χ0n) is 20.3. The molecule has 0 N–H and O–H groups in total. The Morgan fingerprint density at radius 3 is 2.57 bits per heavy atom. The highest BCUT2D eigenvalue weighted by Gasteiger charge is 2.43. The molecule has 0 spiro atoms. The molecule has 3 fully saturated rings. The van der Waals surface area contributed by atoms with E-state index in [4.69, 9.17) is 0 Å². The quantitative estimate of drug-likeness (QED) is 0.398. The molecule has 2 aliphatic carbocycles. The molecule has 1 aliphatic heterocycles. The zero-order chi connectivity index (χ0) is 23.8. The number of rotatable bonds is 7. The fourth-order valence-electron chi connectivity index (χ4n) is 6.46. The van der Waals surface area contributed by atoms with Gasteiger partial charge in [-0.3, -0.25) is 9.36 Å². The number of thiophene rings is 1. The van der Waals surface area contributed by atoms with Crippen LogP contribution < -0.4 is 4.90 Å². The van der Waals surface area contributed by atoms with Gasteiger partial charge in [-0.05, 0) is 67.5 Å². The van der Waals surface area contributed by atoms with E-state index in [-0.39, 0.29) is 5.91 Å². The summed E-state index contributed by atoms with van der Waals surface area (Å²) in [6.07, 6.45) is 5.48. The van der Waals surface area contributed by atoms with Gasteiger partial charge in [0.15, 0.2) is 11.0 Å². The molecule has 1 aromatic carbocycles. The number of nitrogens with zero attached hydrogens (tertiary/aromatic N) is 5. The molecule has 8 heteroatoms. The van der Waals surface area contributed by atoms with Crippen molar-refractivity contribution in [2.75, 3.05) is 36.8 Å². The van der Waals surface area contributed by atoms with Crippen LogP contribution in [0.15, 0.2) is 53.0 Å². The minimum absolute atomic E-state index is 0.197. The molecule has 35 heavy (non-hydrogen) atoms. The molecule has 4 atom stereocenters. The van der Waals surface area contributed by atoms with E-state index in [1.54, 1.807) is 23.1 Å². The van der Waals surface area contributed by atoms with Gasteiger partial charge >= 0.3 is 0 Å². The SMILES string of the molecule is C[C@@H]([C@H]1C[C@H]2CC[C@H]1C2)n1c(SCC(=O)N2CCN(c3ccccc3)CC2)nnc1-c1cccs1. The third-order valence-electron chi connectivity index (χ3n) is 8.30. The second kappa shape index (κ2) is 9.97. The van der Waals surface area contributed by atoms with Crippen molar-refractivity contribution in [1.82, 2.24) is 19.7 Å². The highest BCUT2D eigenvalue weighted by atomic mass is 32.2. The van der Waals surface area contributed by atoms with Crippen LogP contribution in [0.3, 0.4) is 0 Å². The lowest BCUT2D eigenvalue weighted by Gasteiger charge is -2.36. The maximum Gasteiger partial charge on any atom is 0.233 e. The minimum atomic E-state index is 0.197. The summed E-state index contributed by atoms with van der Waals surface area (Å²) in [7, 11) is 0. The van der Waals surface area contributed by atoms with Crippen molar-refractivity contribution in [3.8, 4) is 10.7 Å². The van der Waals surface area contributed by atoms with Gasteiger partial charge in [0.1, 0.15) is 0 Å². The molecule has 0 radical (unpaired) electrons. The number of para-hydroxylation sites is 1. The van der Waals surface area contributed by atoms with Crippen LogP contribution in [-0.4, -0.2) is 57.5 Å². The number of fused-ring (bicyclic) bond motifs is 2. The summed E-state index contributed by atoms with van der Waals surface area (Å²) < 4.78 is 2.35. The van der Waals surface area contributed by atoms with E-state index in [1.807, 2.05) is 11.0 Å². The van der Waals surface area contributed by atoms with Gasteiger partial charge in [0.05, 0.1) is 10.6 Å². The number of aromatic nitrogens is 3. The largest absolute Gasteiger partial charge is 0.368 e. The second-order valence-electron chi connectivity index (χ2n) is 10.2. The lowest BCUT2D eigenvalue weighted by atomic mass is 9.84. The van der Waals surface area contributed by atoms with E-state index in [1.165, 1.54) is 31.4 Å². The lowest BCUT2D eigenvalue weighted by molar-refractivity contribution is -0.128. The Morgan fingerprint density at radius 2 is 1.89 bits per heavy atom. The second-order valence-corrected chi connectivity index (χ2v) is 12.1. The molecule has 3 aliphatic rings. The summed E-state index contributed by atoms with van der Waals surface area (Å²) in [6, 6.07) is 15.0. The van der Waals surface area contributed by atoms with Crippen LogP contribution in [0.5, 0.6) is 0 Å². The molecule has 2 saturated carbocycles. The molecular weight excluding hydrogens is 474 g/mol. The smallest absolute Gasteiger partial charge is 0.233 e. The monoisotopic (exact) mass is 507 g/mol. The molecule has 1 saturated heterocycles. The Morgan fingerprint density at radius 1 is 1.06 bits per heavy atom. The van der Waals surface area contributed by atoms with Gasteiger partial charge in [-0.25, -0.2) is 0 Å². The van der Waals surface area contributed by atoms with Crippen LogP contribution in [0.4, 0.5) is 5.69 Å². The predicted molar refractivity (Wildman–Crippen MR) is 143 cm³/mol. The summed E-state index contributed by atoms with van der Waals surface area (Å²) in [5.41, 5.74) is 1.23. The van der Waals surface area contributed by atoms with Crippen molar-refractivity contribution < 1.29 is 4.79 Å². The molecule has 2 aromatic heterocycles. The highest BCUT2D eigenvalue weighted by molar-refractivity contribution is 7.99. The number of piperazine rings is 1. The van der Waals surface area contributed by atoms with Gasteiger partial charge in [0.2, 0.25) is 5.91 Å². The molecular formula is C27H33N5OS2. The van der Waals surface area contributed by atoms with Gasteiger partial charge in [-0.1, -0.05) is 42.4 Å². The molecule has 0 unspecified atom stereocenters. The summed E-state index contributed by atoms with van der Waals surface area (Å²) in [4.78, 5) is 18.6. The van der Waals surface area contributed by atoms with E-state index in [0.717, 1.165) is 53.9 Å². The number of carbonyl (C=O) groups is 1. The molecule has 1 amide bonds. The summed E-state index contributed by atoms with van der Waals surface area (Å²) in [5, 5.41) is 12.2. The first kappa shape index (κ1) is 23.1. The lowest BCUT2D eigenvalue weighted by Crippen LogP contribution is -2.49. The van der Waals surface area contributed by atoms with E-state index in [9.17, 15) is 4.79 Å². The molecule has 2 bridgehead atoms. The molecule has 6 nitrogen and oxygen atoms in total. The number of anilines is 1. The van der Waals surface area contributed by atoms with Crippen LogP contribution >= 0.6 is 23.1 Å². The maximum atomic E-state index is 13.1. The number of amides is 1.